The van der Waals surface area contributed by atoms with Crippen molar-refractivity contribution in [2.75, 3.05) is 18.4 Å². The molecule has 0 spiro atoms. The van der Waals surface area contributed by atoms with Crippen LogP contribution in [-0.4, -0.2) is 52.0 Å². The van der Waals surface area contributed by atoms with Crippen LogP contribution in [0.15, 0.2) is 73.1 Å². The molecule has 2 amide bonds. The van der Waals surface area contributed by atoms with Crippen LogP contribution in [0.5, 0.6) is 0 Å². The van der Waals surface area contributed by atoms with Gasteiger partial charge in [-0.25, -0.2) is 9.97 Å². The molecule has 1 aromatic heterocycles. The number of carboxylic acid groups (broad SMARTS) is 1. The van der Waals surface area contributed by atoms with E-state index >= 15 is 0 Å². The number of aliphatic carboxylic acids is 1. The number of anilines is 1. The molecule has 3 rings (SSSR count). The van der Waals surface area contributed by atoms with E-state index in [1.807, 2.05) is 54.6 Å². The molecule has 4 N–H and O–H groups in total. The minimum absolute atomic E-state index is 0.00323. The number of amides is 2. The molecule has 0 aliphatic rings. The monoisotopic (exact) mass is 531 g/mol. The van der Waals surface area contributed by atoms with Gasteiger partial charge in [0.15, 0.2) is 0 Å². The fourth-order valence-electron chi connectivity index (χ4n) is 4.24. The Hall–Kier alpha value is -4.27. The predicted octanol–water partition coefficient (Wildman–Crippen LogP) is 4.07. The van der Waals surface area contributed by atoms with E-state index in [4.69, 9.17) is 5.11 Å². The fraction of sp³-hybridized carbons (Fsp3) is 0.367. The summed E-state index contributed by atoms with van der Waals surface area (Å²) in [6.45, 7) is 4.59. The molecule has 0 unspecified atom stereocenters. The van der Waals surface area contributed by atoms with Crippen molar-refractivity contribution < 1.29 is 19.5 Å². The standard InChI is InChI=1S/C30H37N5O4/c1-30(2,21-27(37)38)20-26(36)35-25(19-22-11-13-24(14-12-22)23-9-4-3-5-10-23)28(39)31-15-6-7-16-32-29-33-17-8-18-34-29/h3-5,8-14,17-18,25H,6-7,15-16,19-21H2,1-2H3,(H,31,39)(H,35,36)(H,37,38)(H,32,33,34)/t25-/m1/s1. The summed E-state index contributed by atoms with van der Waals surface area (Å²) in [5, 5.41) is 18.1. The first-order valence-electron chi connectivity index (χ1n) is 13.2. The summed E-state index contributed by atoms with van der Waals surface area (Å²) in [6.07, 6.45) is 5.07. The number of hydrogen-bond acceptors (Lipinski definition) is 6. The molecule has 1 atom stereocenters. The molecule has 0 radical (unpaired) electrons. The fourth-order valence-corrected chi connectivity index (χ4v) is 4.24. The minimum Gasteiger partial charge on any atom is -0.481 e. The van der Waals surface area contributed by atoms with Crippen LogP contribution in [-0.2, 0) is 20.8 Å². The van der Waals surface area contributed by atoms with Gasteiger partial charge in [0.05, 0.1) is 6.42 Å². The molecule has 0 aliphatic heterocycles. The molecule has 0 saturated carbocycles. The number of carbonyl (C=O) groups is 3. The lowest BCUT2D eigenvalue weighted by Gasteiger charge is -2.24. The van der Waals surface area contributed by atoms with Crippen LogP contribution in [0.2, 0.25) is 0 Å². The van der Waals surface area contributed by atoms with E-state index in [2.05, 4.69) is 25.9 Å². The van der Waals surface area contributed by atoms with Crippen LogP contribution < -0.4 is 16.0 Å². The smallest absolute Gasteiger partial charge is 0.303 e. The quantitative estimate of drug-likeness (QED) is 0.217. The number of aromatic nitrogens is 2. The van der Waals surface area contributed by atoms with Gasteiger partial charge in [-0.05, 0) is 41.0 Å². The van der Waals surface area contributed by atoms with E-state index in [0.29, 0.717) is 25.5 Å². The summed E-state index contributed by atoms with van der Waals surface area (Å²) in [5.74, 6) is -1.03. The average molecular weight is 532 g/mol. The molecule has 206 valence electrons. The summed E-state index contributed by atoms with van der Waals surface area (Å²) in [7, 11) is 0. The summed E-state index contributed by atoms with van der Waals surface area (Å²) in [4.78, 5) is 45.3. The summed E-state index contributed by atoms with van der Waals surface area (Å²) in [6, 6.07) is 18.9. The van der Waals surface area contributed by atoms with E-state index < -0.39 is 17.4 Å². The normalized spacial score (nSPS) is 11.8. The zero-order valence-corrected chi connectivity index (χ0v) is 22.5. The molecular formula is C30H37N5O4. The third kappa shape index (κ3) is 10.6. The molecule has 0 bridgehead atoms. The maximum atomic E-state index is 13.1. The maximum absolute atomic E-state index is 13.1. The van der Waals surface area contributed by atoms with Crippen molar-refractivity contribution in [3.63, 3.8) is 0 Å². The van der Waals surface area contributed by atoms with Gasteiger partial charge in [0.1, 0.15) is 6.04 Å². The summed E-state index contributed by atoms with van der Waals surface area (Å²) in [5.41, 5.74) is 2.34. The first-order chi connectivity index (χ1) is 18.7. The predicted molar refractivity (Wildman–Crippen MR) is 151 cm³/mol. The number of nitrogens with zero attached hydrogens (tertiary/aromatic N) is 2. The number of carboxylic acids is 1. The number of carbonyl (C=O) groups excluding carboxylic acids is 2. The maximum Gasteiger partial charge on any atom is 0.303 e. The Morgan fingerprint density at radius 1 is 0.846 bits per heavy atom. The Morgan fingerprint density at radius 2 is 1.49 bits per heavy atom. The number of unbranched alkanes of at least 4 members (excludes halogenated alkanes) is 1. The average Bonchev–Trinajstić information content (AvgIpc) is 2.90. The van der Waals surface area contributed by atoms with E-state index in [1.54, 1.807) is 32.3 Å². The number of hydrogen-bond donors (Lipinski definition) is 4. The second-order valence-electron chi connectivity index (χ2n) is 10.3. The van der Waals surface area contributed by atoms with Crippen LogP contribution in [0.1, 0.15) is 45.1 Å². The van der Waals surface area contributed by atoms with Crippen LogP contribution in [0.4, 0.5) is 5.95 Å². The molecule has 1 heterocycles. The Bertz CT molecular complexity index is 1200. The van der Waals surface area contributed by atoms with Crippen molar-refractivity contribution in [1.82, 2.24) is 20.6 Å². The van der Waals surface area contributed by atoms with E-state index in [9.17, 15) is 14.4 Å². The zero-order chi connectivity index (χ0) is 28.1. The Labute approximate surface area is 229 Å². The minimum atomic E-state index is -0.964. The molecule has 39 heavy (non-hydrogen) atoms. The zero-order valence-electron chi connectivity index (χ0n) is 22.5. The van der Waals surface area contributed by atoms with Crippen molar-refractivity contribution >= 4 is 23.7 Å². The first kappa shape index (κ1) is 29.3. The molecular weight excluding hydrogens is 494 g/mol. The summed E-state index contributed by atoms with van der Waals surface area (Å²) < 4.78 is 0. The van der Waals surface area contributed by atoms with Crippen molar-refractivity contribution in [3.05, 3.63) is 78.6 Å². The van der Waals surface area contributed by atoms with Gasteiger partial charge in [0.25, 0.3) is 0 Å². The Kier molecular flexibility index (Phi) is 11.0. The van der Waals surface area contributed by atoms with Gasteiger partial charge in [-0.1, -0.05) is 68.4 Å². The highest BCUT2D eigenvalue weighted by Gasteiger charge is 2.28. The topological polar surface area (TPSA) is 133 Å². The van der Waals surface area contributed by atoms with Crippen molar-refractivity contribution in [3.8, 4) is 11.1 Å². The largest absolute Gasteiger partial charge is 0.481 e. The van der Waals surface area contributed by atoms with Crippen LogP contribution in [0.3, 0.4) is 0 Å². The van der Waals surface area contributed by atoms with Crippen molar-refractivity contribution in [2.45, 2.75) is 52.0 Å². The molecule has 0 fully saturated rings. The van der Waals surface area contributed by atoms with E-state index in [-0.39, 0.29) is 24.7 Å². The van der Waals surface area contributed by atoms with Gasteiger partial charge in [-0.3, -0.25) is 14.4 Å². The highest BCUT2D eigenvalue weighted by molar-refractivity contribution is 5.88. The lowest BCUT2D eigenvalue weighted by molar-refractivity contribution is -0.140. The SMILES string of the molecule is CC(C)(CC(=O)O)CC(=O)N[C@H](Cc1ccc(-c2ccccc2)cc1)C(=O)NCCCCNc1ncccn1. The number of rotatable bonds is 15. The molecule has 0 aliphatic carbocycles. The van der Waals surface area contributed by atoms with Gasteiger partial charge in [0, 0.05) is 38.3 Å². The molecule has 9 nitrogen and oxygen atoms in total. The molecule has 0 saturated heterocycles. The number of benzene rings is 2. The lowest BCUT2D eigenvalue weighted by Crippen LogP contribution is -2.49. The van der Waals surface area contributed by atoms with Crippen LogP contribution in [0, 0.1) is 5.41 Å². The molecule has 9 heteroatoms. The Balaban J connectivity index is 1.58. The second kappa shape index (κ2) is 14.6. The first-order valence-corrected chi connectivity index (χ1v) is 13.2. The third-order valence-corrected chi connectivity index (χ3v) is 6.17. The third-order valence-electron chi connectivity index (χ3n) is 6.17. The highest BCUT2D eigenvalue weighted by Crippen LogP contribution is 2.25. The van der Waals surface area contributed by atoms with Gasteiger partial charge in [0.2, 0.25) is 17.8 Å². The van der Waals surface area contributed by atoms with Gasteiger partial charge >= 0.3 is 5.97 Å². The second-order valence-corrected chi connectivity index (χ2v) is 10.3. The Morgan fingerprint density at radius 3 is 2.15 bits per heavy atom. The van der Waals surface area contributed by atoms with Gasteiger partial charge < -0.3 is 21.1 Å². The number of nitrogens with one attached hydrogen (secondary N) is 3. The van der Waals surface area contributed by atoms with E-state index in [1.165, 1.54) is 0 Å². The van der Waals surface area contributed by atoms with E-state index in [0.717, 1.165) is 29.5 Å². The van der Waals surface area contributed by atoms with Crippen LogP contribution >= 0.6 is 0 Å². The molecule has 2 aromatic carbocycles. The van der Waals surface area contributed by atoms with Gasteiger partial charge in [-0.15, -0.1) is 0 Å². The van der Waals surface area contributed by atoms with Crippen molar-refractivity contribution in [2.24, 2.45) is 5.41 Å². The molecule has 3 aromatic rings. The van der Waals surface area contributed by atoms with Gasteiger partial charge in [-0.2, -0.15) is 0 Å². The van der Waals surface area contributed by atoms with Crippen LogP contribution in [0.25, 0.3) is 11.1 Å². The lowest BCUT2D eigenvalue weighted by atomic mass is 9.85. The highest BCUT2D eigenvalue weighted by atomic mass is 16.4. The van der Waals surface area contributed by atoms with Crippen molar-refractivity contribution in [1.29, 1.82) is 0 Å². The summed E-state index contributed by atoms with van der Waals surface area (Å²) >= 11 is 0.